The van der Waals surface area contributed by atoms with E-state index in [0.717, 1.165) is 50.2 Å². The van der Waals surface area contributed by atoms with E-state index in [1.165, 1.54) is 17.7 Å². The van der Waals surface area contributed by atoms with Crippen LogP contribution in [-0.2, 0) is 4.79 Å². The first-order valence-corrected chi connectivity index (χ1v) is 10.5. The van der Waals surface area contributed by atoms with Gasteiger partial charge in [-0.15, -0.1) is 0 Å². The number of halogens is 1. The Morgan fingerprint density at radius 3 is 2.93 bits per heavy atom. The Balaban J connectivity index is 1.65. The molecule has 5 nitrogen and oxygen atoms in total. The van der Waals surface area contributed by atoms with Gasteiger partial charge in [-0.3, -0.25) is 4.79 Å². The predicted molar refractivity (Wildman–Crippen MR) is 112 cm³/mol. The SMILES string of the molecule is CCC(=O)N1CCCC(c2nc(Nc3cccc(F)c3)cc(C3=CCCC3)n2)C1. The third-order valence-corrected chi connectivity index (χ3v) is 5.65. The van der Waals surface area contributed by atoms with Gasteiger partial charge in [0.1, 0.15) is 17.5 Å². The summed E-state index contributed by atoms with van der Waals surface area (Å²) in [5, 5.41) is 3.23. The number of hydrogen-bond acceptors (Lipinski definition) is 4. The molecule has 4 rings (SSSR count). The first kappa shape index (κ1) is 19.6. The molecule has 2 aromatic rings. The minimum atomic E-state index is -0.288. The normalized spacial score (nSPS) is 19.2. The molecule has 1 aromatic carbocycles. The highest BCUT2D eigenvalue weighted by Crippen LogP contribution is 2.31. The summed E-state index contributed by atoms with van der Waals surface area (Å²) < 4.78 is 13.6. The standard InChI is InChI=1S/C23H27FN4O/c1-2-22(29)28-12-6-9-17(15-28)23-26-20(16-7-3-4-8-16)14-21(27-23)25-19-11-5-10-18(24)13-19/h5,7,10-11,13-14,17H,2-4,6,8-9,12,15H2,1H3,(H,25,26,27). The summed E-state index contributed by atoms with van der Waals surface area (Å²) in [4.78, 5) is 23.8. The van der Waals surface area contributed by atoms with Crippen molar-refractivity contribution in [2.45, 2.75) is 51.4 Å². The zero-order valence-electron chi connectivity index (χ0n) is 16.8. The second kappa shape index (κ2) is 8.72. The van der Waals surface area contributed by atoms with Crippen molar-refractivity contribution >= 4 is 23.0 Å². The van der Waals surface area contributed by atoms with Gasteiger partial charge in [-0.1, -0.05) is 19.1 Å². The van der Waals surface area contributed by atoms with Gasteiger partial charge in [-0.25, -0.2) is 14.4 Å². The molecule has 1 unspecified atom stereocenters. The summed E-state index contributed by atoms with van der Waals surface area (Å²) in [6.07, 6.45) is 7.92. The number of anilines is 2. The summed E-state index contributed by atoms with van der Waals surface area (Å²) in [7, 11) is 0. The maximum Gasteiger partial charge on any atom is 0.222 e. The molecule has 0 bridgehead atoms. The Labute approximate surface area is 171 Å². The number of benzene rings is 1. The van der Waals surface area contributed by atoms with Crippen molar-refractivity contribution in [2.75, 3.05) is 18.4 Å². The number of carbonyl (C=O) groups is 1. The zero-order valence-corrected chi connectivity index (χ0v) is 16.8. The lowest BCUT2D eigenvalue weighted by Crippen LogP contribution is -2.39. The molecule has 1 aromatic heterocycles. The number of likely N-dealkylation sites (tertiary alicyclic amines) is 1. The molecule has 0 spiro atoms. The molecule has 1 fully saturated rings. The van der Waals surface area contributed by atoms with Crippen LogP contribution in [-0.4, -0.2) is 33.9 Å². The lowest BCUT2D eigenvalue weighted by atomic mass is 9.96. The molecule has 1 atom stereocenters. The van der Waals surface area contributed by atoms with E-state index in [1.54, 1.807) is 6.07 Å². The molecule has 1 amide bonds. The fourth-order valence-corrected chi connectivity index (χ4v) is 4.13. The molecule has 1 saturated heterocycles. The first-order chi connectivity index (χ1) is 14.1. The molecule has 0 radical (unpaired) electrons. The maximum absolute atomic E-state index is 13.6. The number of carbonyl (C=O) groups excluding carboxylic acids is 1. The van der Waals surface area contributed by atoms with Crippen LogP contribution in [0.15, 0.2) is 36.4 Å². The van der Waals surface area contributed by atoms with E-state index in [4.69, 9.17) is 9.97 Å². The van der Waals surface area contributed by atoms with E-state index in [-0.39, 0.29) is 17.6 Å². The van der Waals surface area contributed by atoms with E-state index in [2.05, 4.69) is 11.4 Å². The number of nitrogens with zero attached hydrogens (tertiary/aromatic N) is 3. The Morgan fingerprint density at radius 2 is 2.17 bits per heavy atom. The number of nitrogens with one attached hydrogen (secondary N) is 1. The number of aromatic nitrogens is 2. The van der Waals surface area contributed by atoms with Gasteiger partial charge in [0.2, 0.25) is 5.91 Å². The molecule has 6 heteroatoms. The highest BCUT2D eigenvalue weighted by Gasteiger charge is 2.27. The van der Waals surface area contributed by atoms with Crippen LogP contribution in [0.3, 0.4) is 0 Å². The van der Waals surface area contributed by atoms with E-state index < -0.39 is 0 Å². The lowest BCUT2D eigenvalue weighted by Gasteiger charge is -2.32. The second-order valence-electron chi connectivity index (χ2n) is 7.79. The van der Waals surface area contributed by atoms with Crippen molar-refractivity contribution in [3.63, 3.8) is 0 Å². The number of amides is 1. The fourth-order valence-electron chi connectivity index (χ4n) is 4.13. The van der Waals surface area contributed by atoms with Crippen molar-refractivity contribution in [1.82, 2.24) is 14.9 Å². The van der Waals surface area contributed by atoms with Crippen LogP contribution in [0.2, 0.25) is 0 Å². The number of rotatable bonds is 5. The van der Waals surface area contributed by atoms with Crippen molar-refractivity contribution in [3.05, 3.63) is 53.7 Å². The molecular weight excluding hydrogens is 367 g/mol. The highest BCUT2D eigenvalue weighted by atomic mass is 19.1. The average Bonchev–Trinajstić information content (AvgIpc) is 3.28. The van der Waals surface area contributed by atoms with Crippen molar-refractivity contribution < 1.29 is 9.18 Å². The third-order valence-electron chi connectivity index (χ3n) is 5.65. The molecule has 1 N–H and O–H groups in total. The van der Waals surface area contributed by atoms with Gasteiger partial charge in [0.15, 0.2) is 0 Å². The van der Waals surface area contributed by atoms with Crippen LogP contribution in [0.1, 0.15) is 62.9 Å². The molecule has 0 saturated carbocycles. The van der Waals surface area contributed by atoms with Gasteiger partial charge in [-0.05, 0) is 55.9 Å². The number of piperidine rings is 1. The zero-order chi connectivity index (χ0) is 20.2. The van der Waals surface area contributed by atoms with Crippen LogP contribution < -0.4 is 5.32 Å². The van der Waals surface area contributed by atoms with Gasteiger partial charge in [0.25, 0.3) is 0 Å². The van der Waals surface area contributed by atoms with Gasteiger partial charge in [-0.2, -0.15) is 0 Å². The summed E-state index contributed by atoms with van der Waals surface area (Å²) in [6, 6.07) is 8.33. The lowest BCUT2D eigenvalue weighted by molar-refractivity contribution is -0.132. The molecular formula is C23H27FN4O. The minimum absolute atomic E-state index is 0.120. The number of allylic oxidation sites excluding steroid dienone is 2. The molecule has 2 heterocycles. The Kier molecular flexibility index (Phi) is 5.88. The first-order valence-electron chi connectivity index (χ1n) is 10.5. The van der Waals surface area contributed by atoms with Crippen molar-refractivity contribution in [1.29, 1.82) is 0 Å². The third kappa shape index (κ3) is 4.63. The maximum atomic E-state index is 13.6. The Morgan fingerprint density at radius 1 is 1.28 bits per heavy atom. The van der Waals surface area contributed by atoms with Crippen LogP contribution in [0.4, 0.5) is 15.9 Å². The monoisotopic (exact) mass is 394 g/mol. The fraction of sp³-hybridized carbons (Fsp3) is 0.435. The smallest absolute Gasteiger partial charge is 0.222 e. The van der Waals surface area contributed by atoms with Gasteiger partial charge in [0, 0.05) is 37.2 Å². The van der Waals surface area contributed by atoms with Crippen LogP contribution >= 0.6 is 0 Å². The summed E-state index contributed by atoms with van der Waals surface area (Å²) >= 11 is 0. The summed E-state index contributed by atoms with van der Waals surface area (Å²) in [6.45, 7) is 3.37. The Hall–Kier alpha value is -2.76. The summed E-state index contributed by atoms with van der Waals surface area (Å²) in [5.74, 6) is 1.45. The molecule has 152 valence electrons. The van der Waals surface area contributed by atoms with Gasteiger partial charge >= 0.3 is 0 Å². The molecule has 1 aliphatic heterocycles. The number of hydrogen-bond donors (Lipinski definition) is 1. The molecule has 29 heavy (non-hydrogen) atoms. The van der Waals surface area contributed by atoms with E-state index >= 15 is 0 Å². The van der Waals surface area contributed by atoms with Gasteiger partial charge < -0.3 is 10.2 Å². The van der Waals surface area contributed by atoms with E-state index in [1.807, 2.05) is 24.0 Å². The predicted octanol–water partition coefficient (Wildman–Crippen LogP) is 5.04. The molecule has 1 aliphatic carbocycles. The van der Waals surface area contributed by atoms with Crippen molar-refractivity contribution in [2.24, 2.45) is 0 Å². The Bertz CT molecular complexity index is 927. The molecule has 2 aliphatic rings. The minimum Gasteiger partial charge on any atom is -0.342 e. The van der Waals surface area contributed by atoms with Crippen LogP contribution in [0.25, 0.3) is 5.57 Å². The van der Waals surface area contributed by atoms with E-state index in [9.17, 15) is 9.18 Å². The van der Waals surface area contributed by atoms with Crippen LogP contribution in [0, 0.1) is 5.82 Å². The largest absolute Gasteiger partial charge is 0.342 e. The summed E-state index contributed by atoms with van der Waals surface area (Å²) in [5.41, 5.74) is 2.84. The highest BCUT2D eigenvalue weighted by molar-refractivity contribution is 5.76. The second-order valence-corrected chi connectivity index (χ2v) is 7.79. The topological polar surface area (TPSA) is 58.1 Å². The van der Waals surface area contributed by atoms with E-state index in [0.29, 0.717) is 24.5 Å². The van der Waals surface area contributed by atoms with Crippen molar-refractivity contribution in [3.8, 4) is 0 Å². The van der Waals surface area contributed by atoms with Gasteiger partial charge in [0.05, 0.1) is 5.69 Å². The van der Waals surface area contributed by atoms with Crippen LogP contribution in [0.5, 0.6) is 0 Å². The quantitative estimate of drug-likeness (QED) is 0.772. The average molecular weight is 394 g/mol.